The van der Waals surface area contributed by atoms with Crippen LogP contribution in [0.1, 0.15) is 31.0 Å². The molecule has 0 saturated heterocycles. The summed E-state index contributed by atoms with van der Waals surface area (Å²) in [5.41, 5.74) is 8.34. The summed E-state index contributed by atoms with van der Waals surface area (Å²) in [5, 5.41) is 0. The molecular weight excluding hydrogens is 231 g/mol. The number of anilines is 1. The summed E-state index contributed by atoms with van der Waals surface area (Å²) in [4.78, 5) is 2.06. The van der Waals surface area contributed by atoms with Gasteiger partial charge in [0.2, 0.25) is 0 Å². The molecule has 0 amide bonds. The van der Waals surface area contributed by atoms with Gasteiger partial charge in [-0.3, -0.25) is 0 Å². The van der Waals surface area contributed by atoms with Crippen LogP contribution in [0.3, 0.4) is 0 Å². The molecule has 0 aliphatic rings. The van der Waals surface area contributed by atoms with Crippen molar-refractivity contribution in [3.8, 4) is 0 Å². The average Bonchev–Trinajstić information content (AvgIpc) is 2.32. The van der Waals surface area contributed by atoms with E-state index in [1.807, 2.05) is 27.0 Å². The zero-order valence-electron chi connectivity index (χ0n) is 11.7. The lowest BCUT2D eigenvalue weighted by molar-refractivity contribution is 0.154. The van der Waals surface area contributed by atoms with Crippen LogP contribution < -0.4 is 10.6 Å². The predicted octanol–water partition coefficient (Wildman–Crippen LogP) is 2.63. The van der Waals surface area contributed by atoms with Gasteiger partial charge < -0.3 is 15.4 Å². The Kier molecular flexibility index (Phi) is 5.56. The highest BCUT2D eigenvalue weighted by atomic mass is 19.1. The highest BCUT2D eigenvalue weighted by molar-refractivity contribution is 5.56. The molecule has 3 nitrogen and oxygen atoms in total. The van der Waals surface area contributed by atoms with Crippen LogP contribution in [-0.2, 0) is 4.74 Å². The van der Waals surface area contributed by atoms with Crippen molar-refractivity contribution in [2.75, 3.05) is 31.7 Å². The number of hydrogen-bond acceptors (Lipinski definition) is 3. The highest BCUT2D eigenvalue weighted by Crippen LogP contribution is 2.27. The van der Waals surface area contributed by atoms with E-state index in [4.69, 9.17) is 10.5 Å². The first-order chi connectivity index (χ1) is 8.47. The van der Waals surface area contributed by atoms with Crippen LogP contribution in [0.25, 0.3) is 0 Å². The number of benzene rings is 1. The minimum Gasteiger partial charge on any atom is -0.380 e. The molecule has 0 bridgehead atoms. The Labute approximate surface area is 109 Å². The first-order valence-electron chi connectivity index (χ1n) is 6.31. The van der Waals surface area contributed by atoms with E-state index in [0.29, 0.717) is 18.8 Å². The molecule has 0 radical (unpaired) electrons. The van der Waals surface area contributed by atoms with Gasteiger partial charge in [-0.25, -0.2) is 4.39 Å². The van der Waals surface area contributed by atoms with Crippen LogP contribution in [0.15, 0.2) is 12.1 Å². The van der Waals surface area contributed by atoms with Crippen LogP contribution in [0.2, 0.25) is 0 Å². The number of hydrogen-bond donors (Lipinski definition) is 1. The van der Waals surface area contributed by atoms with Gasteiger partial charge >= 0.3 is 0 Å². The third-order valence-electron chi connectivity index (χ3n) is 2.98. The lowest BCUT2D eigenvalue weighted by Gasteiger charge is -2.24. The predicted molar refractivity (Wildman–Crippen MR) is 73.5 cm³/mol. The number of aryl methyl sites for hydroxylation is 1. The molecule has 0 aliphatic carbocycles. The minimum absolute atomic E-state index is 0.190. The Balaban J connectivity index is 2.94. The second kappa shape index (κ2) is 6.71. The molecule has 4 heteroatoms. The highest BCUT2D eigenvalue weighted by Gasteiger charge is 2.13. The lowest BCUT2D eigenvalue weighted by atomic mass is 10.0. The van der Waals surface area contributed by atoms with Crippen LogP contribution in [0.4, 0.5) is 10.1 Å². The molecular formula is C14H23FN2O. The van der Waals surface area contributed by atoms with Crippen LogP contribution in [0, 0.1) is 12.7 Å². The van der Waals surface area contributed by atoms with Crippen LogP contribution in [-0.4, -0.2) is 26.8 Å². The topological polar surface area (TPSA) is 38.5 Å². The zero-order chi connectivity index (χ0) is 13.7. The van der Waals surface area contributed by atoms with E-state index in [9.17, 15) is 4.39 Å². The SMILES string of the molecule is CCOCCN(C)c1cc(C)c(F)cc1[C@H](C)N. The summed E-state index contributed by atoms with van der Waals surface area (Å²) >= 11 is 0. The molecule has 2 N–H and O–H groups in total. The van der Waals surface area contributed by atoms with Crippen molar-refractivity contribution in [3.63, 3.8) is 0 Å². The molecule has 1 atom stereocenters. The molecule has 0 unspecified atom stereocenters. The number of ether oxygens (including phenoxy) is 1. The van der Waals surface area contributed by atoms with Crippen molar-refractivity contribution < 1.29 is 9.13 Å². The van der Waals surface area contributed by atoms with Gasteiger partial charge in [0.25, 0.3) is 0 Å². The fourth-order valence-corrected chi connectivity index (χ4v) is 1.84. The smallest absolute Gasteiger partial charge is 0.126 e. The van der Waals surface area contributed by atoms with Gasteiger partial charge in [-0.15, -0.1) is 0 Å². The molecule has 102 valence electrons. The van der Waals surface area contributed by atoms with Gasteiger partial charge in [0.05, 0.1) is 6.61 Å². The van der Waals surface area contributed by atoms with Gasteiger partial charge in [-0.05, 0) is 44.0 Å². The zero-order valence-corrected chi connectivity index (χ0v) is 11.7. The van der Waals surface area contributed by atoms with Gasteiger partial charge in [0.1, 0.15) is 5.82 Å². The molecule has 0 saturated carbocycles. The third-order valence-corrected chi connectivity index (χ3v) is 2.98. The largest absolute Gasteiger partial charge is 0.380 e. The summed E-state index contributed by atoms with van der Waals surface area (Å²) in [5.74, 6) is -0.204. The number of likely N-dealkylation sites (N-methyl/N-ethyl adjacent to an activating group) is 1. The molecule has 18 heavy (non-hydrogen) atoms. The standard InChI is InChI=1S/C14H23FN2O/c1-5-18-7-6-17(4)14-8-10(2)13(15)9-12(14)11(3)16/h8-9,11H,5-7,16H2,1-4H3/t11-/m0/s1. The number of halogens is 1. The van der Waals surface area contributed by atoms with E-state index in [2.05, 4.69) is 4.90 Å². The fraction of sp³-hybridized carbons (Fsp3) is 0.571. The van der Waals surface area contributed by atoms with Crippen molar-refractivity contribution >= 4 is 5.69 Å². The van der Waals surface area contributed by atoms with E-state index in [1.54, 1.807) is 6.92 Å². The van der Waals surface area contributed by atoms with E-state index in [0.717, 1.165) is 17.8 Å². The third kappa shape index (κ3) is 3.68. The Morgan fingerprint density at radius 2 is 2.11 bits per heavy atom. The molecule has 0 heterocycles. The van der Waals surface area contributed by atoms with Crippen LogP contribution >= 0.6 is 0 Å². The monoisotopic (exact) mass is 254 g/mol. The Morgan fingerprint density at radius 3 is 2.67 bits per heavy atom. The van der Waals surface area contributed by atoms with Gasteiger partial charge in [-0.1, -0.05) is 0 Å². The number of nitrogens with two attached hydrogens (primary N) is 1. The van der Waals surface area contributed by atoms with Crippen LogP contribution in [0.5, 0.6) is 0 Å². The molecule has 0 aliphatic heterocycles. The Bertz CT molecular complexity index is 394. The molecule has 1 aromatic carbocycles. The summed E-state index contributed by atoms with van der Waals surface area (Å²) in [6, 6.07) is 3.19. The van der Waals surface area contributed by atoms with Crippen molar-refractivity contribution in [3.05, 3.63) is 29.1 Å². The summed E-state index contributed by atoms with van der Waals surface area (Å²) in [6.45, 7) is 7.72. The summed E-state index contributed by atoms with van der Waals surface area (Å²) < 4.78 is 18.9. The molecule has 1 rings (SSSR count). The Hall–Kier alpha value is -1.13. The first-order valence-corrected chi connectivity index (χ1v) is 6.31. The van der Waals surface area contributed by atoms with Gasteiger partial charge in [0.15, 0.2) is 0 Å². The van der Waals surface area contributed by atoms with Gasteiger partial charge in [-0.2, -0.15) is 0 Å². The van der Waals surface area contributed by atoms with Crippen molar-refractivity contribution in [1.29, 1.82) is 0 Å². The van der Waals surface area contributed by atoms with Crippen molar-refractivity contribution in [1.82, 2.24) is 0 Å². The van der Waals surface area contributed by atoms with Crippen molar-refractivity contribution in [2.45, 2.75) is 26.8 Å². The second-order valence-electron chi connectivity index (χ2n) is 4.57. The van der Waals surface area contributed by atoms with Gasteiger partial charge in [0, 0.05) is 31.9 Å². The molecule has 1 aromatic rings. The maximum atomic E-state index is 13.6. The van der Waals surface area contributed by atoms with E-state index < -0.39 is 0 Å². The quantitative estimate of drug-likeness (QED) is 0.793. The lowest BCUT2D eigenvalue weighted by Crippen LogP contribution is -2.25. The summed E-state index contributed by atoms with van der Waals surface area (Å²) in [7, 11) is 1.97. The maximum Gasteiger partial charge on any atom is 0.126 e. The number of rotatable bonds is 6. The fourth-order valence-electron chi connectivity index (χ4n) is 1.84. The normalized spacial score (nSPS) is 12.6. The number of nitrogens with zero attached hydrogens (tertiary/aromatic N) is 1. The molecule has 0 spiro atoms. The maximum absolute atomic E-state index is 13.6. The van der Waals surface area contributed by atoms with E-state index in [-0.39, 0.29) is 11.9 Å². The Morgan fingerprint density at radius 1 is 1.44 bits per heavy atom. The minimum atomic E-state index is -0.204. The molecule has 0 fully saturated rings. The average molecular weight is 254 g/mol. The van der Waals surface area contributed by atoms with E-state index >= 15 is 0 Å². The van der Waals surface area contributed by atoms with Crippen molar-refractivity contribution in [2.24, 2.45) is 5.73 Å². The first kappa shape index (κ1) is 14.9. The summed E-state index contributed by atoms with van der Waals surface area (Å²) in [6.07, 6.45) is 0. The van der Waals surface area contributed by atoms with E-state index in [1.165, 1.54) is 6.07 Å². The second-order valence-corrected chi connectivity index (χ2v) is 4.57. The molecule has 0 aromatic heterocycles.